The van der Waals surface area contributed by atoms with E-state index in [4.69, 9.17) is 4.74 Å². The molecule has 0 saturated carbocycles. The highest BCUT2D eigenvalue weighted by Gasteiger charge is 2.18. The lowest BCUT2D eigenvalue weighted by Crippen LogP contribution is -2.22. The van der Waals surface area contributed by atoms with Crippen LogP contribution in [0.2, 0.25) is 0 Å². The normalized spacial score (nSPS) is 11.6. The highest BCUT2D eigenvalue weighted by atomic mass is 32.2. The minimum Gasteiger partial charge on any atom is -0.465 e. The molecule has 10 heteroatoms. The molecule has 0 radical (unpaired) electrons. The first-order valence-electron chi connectivity index (χ1n) is 10.0. The quantitative estimate of drug-likeness (QED) is 0.482. The van der Waals surface area contributed by atoms with E-state index in [2.05, 4.69) is 20.0 Å². The monoisotopic (exact) mass is 469 g/mol. The standard InChI is InChI=1S/C23H23N3O6S/c1-13-4-7-16(8-5-13)24-20(27)12-33-14(2)22(29)32-11-19-25-18-10-15(23(30)31-3)6-9-17(18)21(28)26-19/h4-10,14H,11-12H2,1-3H3,(H,24,27)(H,25,26,28)/t14-/m0/s1. The molecule has 0 aliphatic carbocycles. The summed E-state index contributed by atoms with van der Waals surface area (Å²) in [6, 6.07) is 11.8. The van der Waals surface area contributed by atoms with Crippen molar-refractivity contribution in [2.45, 2.75) is 25.7 Å². The van der Waals surface area contributed by atoms with E-state index in [0.29, 0.717) is 11.1 Å². The summed E-state index contributed by atoms with van der Waals surface area (Å²) in [5, 5.41) is 2.45. The van der Waals surface area contributed by atoms with E-state index in [1.54, 1.807) is 19.1 Å². The van der Waals surface area contributed by atoms with Gasteiger partial charge in [-0.3, -0.25) is 14.4 Å². The molecule has 172 valence electrons. The summed E-state index contributed by atoms with van der Waals surface area (Å²) in [6.45, 7) is 3.33. The molecule has 1 atom stereocenters. The van der Waals surface area contributed by atoms with Gasteiger partial charge in [-0.25, -0.2) is 9.78 Å². The predicted molar refractivity (Wildman–Crippen MR) is 125 cm³/mol. The second-order valence-corrected chi connectivity index (χ2v) is 8.54. The zero-order valence-corrected chi connectivity index (χ0v) is 19.2. The topological polar surface area (TPSA) is 127 Å². The van der Waals surface area contributed by atoms with Gasteiger partial charge >= 0.3 is 11.9 Å². The number of carbonyl (C=O) groups excluding carboxylic acids is 3. The van der Waals surface area contributed by atoms with Crippen molar-refractivity contribution in [1.82, 2.24) is 9.97 Å². The first kappa shape index (κ1) is 24.0. The first-order chi connectivity index (χ1) is 15.8. The molecule has 0 bridgehead atoms. The minimum atomic E-state index is -0.605. The van der Waals surface area contributed by atoms with E-state index in [0.717, 1.165) is 17.3 Å². The van der Waals surface area contributed by atoms with Crippen LogP contribution in [0, 0.1) is 6.92 Å². The molecule has 0 spiro atoms. The van der Waals surface area contributed by atoms with E-state index in [-0.39, 0.29) is 35.2 Å². The molecule has 0 aliphatic rings. The van der Waals surface area contributed by atoms with Crippen LogP contribution in [0.5, 0.6) is 0 Å². The zero-order valence-electron chi connectivity index (χ0n) is 18.3. The van der Waals surface area contributed by atoms with Crippen molar-refractivity contribution in [2.75, 3.05) is 18.2 Å². The molecule has 0 saturated heterocycles. The first-order valence-corrected chi connectivity index (χ1v) is 11.1. The smallest absolute Gasteiger partial charge is 0.337 e. The van der Waals surface area contributed by atoms with E-state index in [1.165, 1.54) is 25.3 Å². The lowest BCUT2D eigenvalue weighted by Gasteiger charge is -2.11. The van der Waals surface area contributed by atoms with Crippen molar-refractivity contribution >= 4 is 46.2 Å². The van der Waals surface area contributed by atoms with E-state index >= 15 is 0 Å². The summed E-state index contributed by atoms with van der Waals surface area (Å²) >= 11 is 1.13. The van der Waals surface area contributed by atoms with Crippen molar-refractivity contribution in [3.63, 3.8) is 0 Å². The van der Waals surface area contributed by atoms with Crippen molar-refractivity contribution in [2.24, 2.45) is 0 Å². The number of ether oxygens (including phenoxy) is 2. The fourth-order valence-electron chi connectivity index (χ4n) is 2.86. The molecular weight excluding hydrogens is 446 g/mol. The lowest BCUT2D eigenvalue weighted by atomic mass is 10.1. The van der Waals surface area contributed by atoms with Gasteiger partial charge in [-0.2, -0.15) is 0 Å². The van der Waals surface area contributed by atoms with Crippen molar-refractivity contribution in [3.05, 3.63) is 69.8 Å². The third-order valence-corrected chi connectivity index (χ3v) is 5.78. The Morgan fingerprint density at radius 1 is 1.15 bits per heavy atom. The number of esters is 2. The molecule has 0 fully saturated rings. The van der Waals surface area contributed by atoms with Gasteiger partial charge in [0.1, 0.15) is 17.7 Å². The zero-order chi connectivity index (χ0) is 24.0. The third kappa shape index (κ3) is 6.42. The Kier molecular flexibility index (Phi) is 7.83. The molecular formula is C23H23N3O6S. The van der Waals surface area contributed by atoms with E-state index in [9.17, 15) is 19.2 Å². The van der Waals surface area contributed by atoms with E-state index in [1.807, 2.05) is 19.1 Å². The maximum Gasteiger partial charge on any atom is 0.337 e. The van der Waals surface area contributed by atoms with Crippen LogP contribution in [-0.4, -0.2) is 45.9 Å². The number of aryl methyl sites for hydroxylation is 1. The molecule has 3 rings (SSSR count). The number of nitrogens with one attached hydrogen (secondary N) is 2. The minimum absolute atomic E-state index is 0.0749. The van der Waals surface area contributed by atoms with Crippen LogP contribution < -0.4 is 10.9 Å². The largest absolute Gasteiger partial charge is 0.465 e. The van der Waals surface area contributed by atoms with E-state index < -0.39 is 22.7 Å². The van der Waals surface area contributed by atoms with Gasteiger partial charge in [0, 0.05) is 5.69 Å². The molecule has 33 heavy (non-hydrogen) atoms. The summed E-state index contributed by atoms with van der Waals surface area (Å²) in [7, 11) is 1.26. The highest BCUT2D eigenvalue weighted by Crippen LogP contribution is 2.16. The molecule has 3 aromatic rings. The number of aromatic amines is 1. The van der Waals surface area contributed by atoms with Gasteiger partial charge in [0.2, 0.25) is 5.91 Å². The average molecular weight is 470 g/mol. The molecule has 0 unspecified atom stereocenters. The SMILES string of the molecule is COC(=O)c1ccc2c(=O)[nH]c(COC(=O)[C@H](C)SCC(=O)Nc3ccc(C)cc3)nc2c1. The molecule has 1 aromatic heterocycles. The number of thioether (sulfide) groups is 1. The number of rotatable bonds is 8. The number of amides is 1. The Morgan fingerprint density at radius 3 is 2.58 bits per heavy atom. The molecule has 9 nitrogen and oxygen atoms in total. The second kappa shape index (κ2) is 10.8. The van der Waals surface area contributed by atoms with Gasteiger partial charge in [0.05, 0.1) is 29.3 Å². The summed E-state index contributed by atoms with van der Waals surface area (Å²) in [5.74, 6) is -1.12. The maximum absolute atomic E-state index is 12.3. The van der Waals surface area contributed by atoms with Crippen molar-refractivity contribution in [1.29, 1.82) is 0 Å². The van der Waals surface area contributed by atoms with Crippen LogP contribution in [0.1, 0.15) is 28.7 Å². The van der Waals surface area contributed by atoms with Gasteiger partial charge in [-0.05, 0) is 44.2 Å². The number of methoxy groups -OCH3 is 1. The maximum atomic E-state index is 12.3. The number of fused-ring (bicyclic) bond motifs is 1. The van der Waals surface area contributed by atoms with Crippen LogP contribution in [0.4, 0.5) is 5.69 Å². The fraction of sp³-hybridized carbons (Fsp3) is 0.261. The number of benzene rings is 2. The van der Waals surface area contributed by atoms with Gasteiger partial charge in [0.25, 0.3) is 5.56 Å². The number of hydrogen-bond acceptors (Lipinski definition) is 8. The summed E-state index contributed by atoms with van der Waals surface area (Å²) < 4.78 is 9.92. The number of anilines is 1. The van der Waals surface area contributed by atoms with Crippen LogP contribution in [-0.2, 0) is 25.7 Å². The molecule has 2 N–H and O–H groups in total. The summed E-state index contributed by atoms with van der Waals surface area (Å²) in [4.78, 5) is 55.2. The Morgan fingerprint density at radius 2 is 1.88 bits per heavy atom. The van der Waals surface area contributed by atoms with Gasteiger partial charge in [-0.15, -0.1) is 11.8 Å². The number of H-pyrrole nitrogens is 1. The van der Waals surface area contributed by atoms with Crippen LogP contribution >= 0.6 is 11.8 Å². The Hall–Kier alpha value is -3.66. The Bertz CT molecular complexity index is 1240. The summed E-state index contributed by atoms with van der Waals surface area (Å²) in [5.41, 5.74) is 1.88. The molecule has 1 heterocycles. The van der Waals surface area contributed by atoms with Crippen LogP contribution in [0.3, 0.4) is 0 Å². The summed E-state index contributed by atoms with van der Waals surface area (Å²) in [6.07, 6.45) is 0. The number of aromatic nitrogens is 2. The third-order valence-electron chi connectivity index (χ3n) is 4.66. The van der Waals surface area contributed by atoms with Crippen molar-refractivity contribution in [3.8, 4) is 0 Å². The van der Waals surface area contributed by atoms with Gasteiger partial charge < -0.3 is 19.8 Å². The average Bonchev–Trinajstić information content (AvgIpc) is 2.81. The Balaban J connectivity index is 1.55. The molecule has 1 amide bonds. The molecule has 2 aromatic carbocycles. The Labute approximate surface area is 193 Å². The van der Waals surface area contributed by atoms with Crippen molar-refractivity contribution < 1.29 is 23.9 Å². The lowest BCUT2D eigenvalue weighted by molar-refractivity contribution is -0.144. The highest BCUT2D eigenvalue weighted by molar-refractivity contribution is 8.01. The van der Waals surface area contributed by atoms with Gasteiger partial charge in [0.15, 0.2) is 0 Å². The van der Waals surface area contributed by atoms with Gasteiger partial charge in [-0.1, -0.05) is 17.7 Å². The second-order valence-electron chi connectivity index (χ2n) is 7.21. The molecule has 0 aliphatic heterocycles. The number of nitrogens with zero attached hydrogens (tertiary/aromatic N) is 1. The predicted octanol–water partition coefficient (Wildman–Crippen LogP) is 2.82. The van der Waals surface area contributed by atoms with Crippen LogP contribution in [0.25, 0.3) is 10.9 Å². The van der Waals surface area contributed by atoms with Crippen LogP contribution in [0.15, 0.2) is 47.3 Å². The number of hydrogen-bond donors (Lipinski definition) is 2. The number of carbonyl (C=O) groups is 3. The fourth-order valence-corrected chi connectivity index (χ4v) is 3.54.